The minimum absolute atomic E-state index is 0.0921. The van der Waals surface area contributed by atoms with Gasteiger partial charge in [-0.2, -0.15) is 5.10 Å². The molecule has 2 aliphatic heterocycles. The van der Waals surface area contributed by atoms with Gasteiger partial charge in [0, 0.05) is 18.2 Å². The van der Waals surface area contributed by atoms with Gasteiger partial charge in [-0.3, -0.25) is 4.79 Å². The lowest BCUT2D eigenvalue weighted by Gasteiger charge is -2.26. The number of aryl methyl sites for hydroxylation is 1. The van der Waals surface area contributed by atoms with Crippen LogP contribution in [0, 0.1) is 12.7 Å². The van der Waals surface area contributed by atoms with Crippen molar-refractivity contribution in [3.05, 3.63) is 47.2 Å². The van der Waals surface area contributed by atoms with Gasteiger partial charge in [0.05, 0.1) is 30.5 Å². The molecule has 0 radical (unpaired) electrons. The van der Waals surface area contributed by atoms with Crippen LogP contribution in [0.15, 0.2) is 24.5 Å². The van der Waals surface area contributed by atoms with Crippen LogP contribution in [0.5, 0.6) is 5.88 Å². The Bertz CT molecular complexity index is 1150. The molecule has 1 fully saturated rings. The van der Waals surface area contributed by atoms with Crippen molar-refractivity contribution < 1.29 is 18.3 Å². The Morgan fingerprint density at radius 1 is 1.37 bits per heavy atom. The fourth-order valence-corrected chi connectivity index (χ4v) is 4.13. The molecule has 0 aromatic carbocycles. The summed E-state index contributed by atoms with van der Waals surface area (Å²) in [6.07, 6.45) is 1.80. The minimum Gasteiger partial charge on any atom is -0.475 e. The van der Waals surface area contributed by atoms with Gasteiger partial charge in [0.1, 0.15) is 30.0 Å². The number of carbonyl (C=O) groups is 1. The second kappa shape index (κ2) is 6.89. The van der Waals surface area contributed by atoms with E-state index in [1.807, 2.05) is 0 Å². The Morgan fingerprint density at radius 2 is 2.20 bits per heavy atom. The molecule has 10 heteroatoms. The first-order valence-electron chi connectivity index (χ1n) is 9.76. The van der Waals surface area contributed by atoms with E-state index in [0.29, 0.717) is 28.3 Å². The zero-order valence-corrected chi connectivity index (χ0v) is 16.5. The first kappa shape index (κ1) is 18.7. The van der Waals surface area contributed by atoms with Gasteiger partial charge in [0.25, 0.3) is 5.91 Å². The minimum atomic E-state index is -1.12. The van der Waals surface area contributed by atoms with Crippen molar-refractivity contribution in [1.29, 1.82) is 0 Å². The summed E-state index contributed by atoms with van der Waals surface area (Å²) < 4.78 is 35.9. The number of rotatable bonds is 0. The molecule has 3 aromatic rings. The van der Waals surface area contributed by atoms with E-state index in [4.69, 9.17) is 4.74 Å². The third kappa shape index (κ3) is 3.03. The van der Waals surface area contributed by atoms with Gasteiger partial charge in [0.15, 0.2) is 5.65 Å². The third-order valence-corrected chi connectivity index (χ3v) is 5.47. The van der Waals surface area contributed by atoms with E-state index in [1.54, 1.807) is 31.0 Å². The molecule has 2 bridgehead atoms. The van der Waals surface area contributed by atoms with Crippen molar-refractivity contribution in [3.8, 4) is 5.88 Å². The van der Waals surface area contributed by atoms with Crippen LogP contribution in [-0.2, 0) is 0 Å². The number of fused-ring (bicyclic) bond motifs is 5. The van der Waals surface area contributed by atoms with Crippen LogP contribution >= 0.6 is 0 Å². The predicted molar refractivity (Wildman–Crippen MR) is 104 cm³/mol. The number of halogens is 2. The van der Waals surface area contributed by atoms with Gasteiger partial charge in [0.2, 0.25) is 5.88 Å². The first-order valence-corrected chi connectivity index (χ1v) is 9.76. The summed E-state index contributed by atoms with van der Waals surface area (Å²) >= 11 is 0. The molecule has 0 saturated carbocycles. The highest BCUT2D eigenvalue weighted by atomic mass is 19.1. The van der Waals surface area contributed by atoms with Crippen LogP contribution in [0.3, 0.4) is 0 Å². The zero-order valence-electron chi connectivity index (χ0n) is 16.5. The molecule has 0 spiro atoms. The molecule has 30 heavy (non-hydrogen) atoms. The Labute approximate surface area is 170 Å². The Kier molecular flexibility index (Phi) is 4.30. The second-order valence-corrected chi connectivity index (χ2v) is 7.75. The average molecular weight is 414 g/mol. The van der Waals surface area contributed by atoms with Gasteiger partial charge in [-0.05, 0) is 26.0 Å². The normalized spacial score (nSPS) is 23.8. The van der Waals surface area contributed by atoms with Gasteiger partial charge in [-0.15, -0.1) is 0 Å². The molecule has 1 saturated heterocycles. The highest BCUT2D eigenvalue weighted by Crippen LogP contribution is 2.40. The standard InChI is InChI=1S/C20H20F2N6O2/c1-10-9-30-20-14(5-12(21)7-23-20)15-6-13(22)8-27(15)16-3-4-28-18(25-16)17(11(2)26-28)19(29)24-10/h3-5,7,10,13,15H,6,8-9H2,1-2H3,(H,24,29)/t10-,13+,15-/m1/s1. The summed E-state index contributed by atoms with van der Waals surface area (Å²) in [4.78, 5) is 23.4. The Morgan fingerprint density at radius 3 is 3.03 bits per heavy atom. The number of pyridine rings is 1. The number of carbonyl (C=O) groups excluding carboxylic acids is 1. The highest BCUT2D eigenvalue weighted by molar-refractivity contribution is 6.01. The van der Waals surface area contributed by atoms with Gasteiger partial charge in [-0.25, -0.2) is 23.3 Å². The molecule has 1 N–H and O–H groups in total. The van der Waals surface area contributed by atoms with Crippen LogP contribution in [0.1, 0.15) is 41.0 Å². The highest BCUT2D eigenvalue weighted by Gasteiger charge is 2.37. The van der Waals surface area contributed by atoms with E-state index in [1.165, 1.54) is 10.6 Å². The summed E-state index contributed by atoms with van der Waals surface area (Å²) in [7, 11) is 0. The smallest absolute Gasteiger partial charge is 0.257 e. The number of hydrogen-bond donors (Lipinski definition) is 1. The van der Waals surface area contributed by atoms with E-state index >= 15 is 0 Å². The quantitative estimate of drug-likeness (QED) is 0.608. The van der Waals surface area contributed by atoms with Crippen LogP contribution < -0.4 is 15.0 Å². The largest absolute Gasteiger partial charge is 0.475 e. The lowest BCUT2D eigenvalue weighted by Crippen LogP contribution is -2.37. The summed E-state index contributed by atoms with van der Waals surface area (Å²) in [6, 6.07) is 2.18. The van der Waals surface area contributed by atoms with Gasteiger partial charge < -0.3 is 15.0 Å². The number of hydrogen-bond acceptors (Lipinski definition) is 6. The number of anilines is 1. The maximum Gasteiger partial charge on any atom is 0.257 e. The number of ether oxygens (including phenoxy) is 1. The first-order chi connectivity index (χ1) is 14.4. The molecule has 2 aliphatic rings. The fourth-order valence-electron chi connectivity index (χ4n) is 4.13. The topological polar surface area (TPSA) is 84.7 Å². The van der Waals surface area contributed by atoms with Crippen LogP contribution in [0.25, 0.3) is 5.65 Å². The summed E-state index contributed by atoms with van der Waals surface area (Å²) in [5.74, 6) is -0.149. The van der Waals surface area contributed by atoms with Gasteiger partial charge in [-0.1, -0.05) is 0 Å². The summed E-state index contributed by atoms with van der Waals surface area (Å²) in [5, 5.41) is 7.24. The predicted octanol–water partition coefficient (Wildman–Crippen LogP) is 2.37. The summed E-state index contributed by atoms with van der Waals surface area (Å²) in [5.41, 5.74) is 1.73. The van der Waals surface area contributed by atoms with Crippen molar-refractivity contribution in [2.24, 2.45) is 0 Å². The van der Waals surface area contributed by atoms with E-state index in [9.17, 15) is 13.6 Å². The van der Waals surface area contributed by atoms with Crippen molar-refractivity contribution in [3.63, 3.8) is 0 Å². The number of amides is 1. The van der Waals surface area contributed by atoms with E-state index < -0.39 is 18.0 Å². The molecule has 3 aromatic heterocycles. The number of nitrogens with zero attached hydrogens (tertiary/aromatic N) is 5. The van der Waals surface area contributed by atoms with E-state index in [-0.39, 0.29) is 37.4 Å². The SMILES string of the molecule is Cc1nn2ccc3nc2c1C(=O)N[C@H](C)COc1ncc(F)cc1[C@H]1C[C@H](F)CN31. The zero-order chi connectivity index (χ0) is 21.0. The van der Waals surface area contributed by atoms with Crippen LogP contribution in [0.4, 0.5) is 14.6 Å². The Hall–Kier alpha value is -3.30. The molecule has 156 valence electrons. The molecule has 8 nitrogen and oxygen atoms in total. The molecular weight excluding hydrogens is 394 g/mol. The molecule has 5 heterocycles. The van der Waals surface area contributed by atoms with Crippen LogP contribution in [0.2, 0.25) is 0 Å². The number of aromatic nitrogens is 4. The van der Waals surface area contributed by atoms with E-state index in [0.717, 1.165) is 6.20 Å². The molecule has 0 unspecified atom stereocenters. The van der Waals surface area contributed by atoms with Crippen molar-refractivity contribution in [2.45, 2.75) is 38.5 Å². The number of alkyl halides is 1. The second-order valence-electron chi connectivity index (χ2n) is 7.75. The van der Waals surface area contributed by atoms with Crippen LogP contribution in [-0.4, -0.2) is 50.9 Å². The molecule has 3 atom stereocenters. The molecule has 0 aliphatic carbocycles. The Balaban J connectivity index is 1.72. The van der Waals surface area contributed by atoms with Gasteiger partial charge >= 0.3 is 0 Å². The summed E-state index contributed by atoms with van der Waals surface area (Å²) in [6.45, 7) is 3.74. The molecule has 5 rings (SSSR count). The van der Waals surface area contributed by atoms with Crippen molar-refractivity contribution in [1.82, 2.24) is 24.9 Å². The molecular formula is C20H20F2N6O2. The lowest BCUT2D eigenvalue weighted by atomic mass is 10.1. The van der Waals surface area contributed by atoms with E-state index in [2.05, 4.69) is 20.4 Å². The maximum atomic E-state index is 14.5. The van der Waals surface area contributed by atoms with Crippen molar-refractivity contribution in [2.75, 3.05) is 18.1 Å². The number of nitrogens with one attached hydrogen (secondary N) is 1. The fraction of sp³-hybridized carbons (Fsp3) is 0.400. The molecule has 1 amide bonds. The average Bonchev–Trinajstić information content (AvgIpc) is 3.24. The van der Waals surface area contributed by atoms with Crippen molar-refractivity contribution >= 4 is 17.4 Å². The third-order valence-electron chi connectivity index (χ3n) is 5.47. The monoisotopic (exact) mass is 414 g/mol. The maximum absolute atomic E-state index is 14.5. The lowest BCUT2D eigenvalue weighted by molar-refractivity contribution is 0.0926.